The van der Waals surface area contributed by atoms with Crippen LogP contribution in [0, 0.1) is 5.92 Å². The van der Waals surface area contributed by atoms with Gasteiger partial charge in [0.1, 0.15) is 0 Å². The maximum atomic E-state index is 11.8. The first-order chi connectivity index (χ1) is 9.10. The fourth-order valence-electron chi connectivity index (χ4n) is 1.84. The largest absolute Gasteiger partial charge is 0.465 e. The minimum absolute atomic E-state index is 0.110. The summed E-state index contributed by atoms with van der Waals surface area (Å²) in [6.45, 7) is 0.366. The second-order valence-electron chi connectivity index (χ2n) is 4.26. The third kappa shape index (κ3) is 3.09. The van der Waals surface area contributed by atoms with Crippen LogP contribution in [0.3, 0.4) is 0 Å². The smallest absolute Gasteiger partial charge is 0.337 e. The van der Waals surface area contributed by atoms with Crippen molar-refractivity contribution >= 4 is 23.5 Å². The van der Waals surface area contributed by atoms with Gasteiger partial charge in [0, 0.05) is 18.7 Å². The molecule has 6 heteroatoms. The van der Waals surface area contributed by atoms with Gasteiger partial charge >= 0.3 is 5.97 Å². The first kappa shape index (κ1) is 13.1. The molecule has 1 aromatic rings. The molecule has 0 aromatic heterocycles. The van der Waals surface area contributed by atoms with Crippen molar-refractivity contribution in [2.24, 2.45) is 5.92 Å². The summed E-state index contributed by atoms with van der Waals surface area (Å²) in [5, 5.41) is 5.31. The van der Waals surface area contributed by atoms with Gasteiger partial charge in [0.15, 0.2) is 0 Å². The standard InChI is InChI=1S/C13H14N2O4/c1-19-13(18)8-2-4-10(5-3-8)15-12(17)9-6-11(16)14-7-9/h2-5,9H,6-7H2,1H3,(H,14,16)(H,15,17). The van der Waals surface area contributed by atoms with Crippen LogP contribution >= 0.6 is 0 Å². The highest BCUT2D eigenvalue weighted by atomic mass is 16.5. The summed E-state index contributed by atoms with van der Waals surface area (Å²) in [4.78, 5) is 34.1. The third-order valence-corrected chi connectivity index (χ3v) is 2.92. The lowest BCUT2D eigenvalue weighted by Gasteiger charge is -2.09. The van der Waals surface area contributed by atoms with Crippen LogP contribution in [0.25, 0.3) is 0 Å². The Morgan fingerprint density at radius 1 is 1.32 bits per heavy atom. The average molecular weight is 262 g/mol. The van der Waals surface area contributed by atoms with Crippen molar-refractivity contribution in [2.75, 3.05) is 19.0 Å². The number of anilines is 1. The Balaban J connectivity index is 1.97. The molecule has 2 N–H and O–H groups in total. The molecule has 0 aliphatic carbocycles. The van der Waals surface area contributed by atoms with Crippen LogP contribution in [0.5, 0.6) is 0 Å². The molecule has 100 valence electrons. The zero-order valence-corrected chi connectivity index (χ0v) is 10.4. The van der Waals surface area contributed by atoms with Crippen LogP contribution in [0.4, 0.5) is 5.69 Å². The molecule has 0 saturated carbocycles. The van der Waals surface area contributed by atoms with Gasteiger partial charge in [-0.1, -0.05) is 0 Å². The SMILES string of the molecule is COC(=O)c1ccc(NC(=O)C2CNC(=O)C2)cc1. The fourth-order valence-corrected chi connectivity index (χ4v) is 1.84. The number of nitrogens with one attached hydrogen (secondary N) is 2. The molecule has 1 aromatic carbocycles. The predicted molar refractivity (Wildman–Crippen MR) is 67.5 cm³/mol. The van der Waals surface area contributed by atoms with Crippen LogP contribution < -0.4 is 10.6 Å². The lowest BCUT2D eigenvalue weighted by atomic mass is 10.1. The number of hydrogen-bond acceptors (Lipinski definition) is 4. The van der Waals surface area contributed by atoms with Crippen LogP contribution in [0.1, 0.15) is 16.8 Å². The summed E-state index contributed by atoms with van der Waals surface area (Å²) < 4.78 is 4.58. The maximum absolute atomic E-state index is 11.8. The number of rotatable bonds is 3. The molecule has 0 bridgehead atoms. The lowest BCUT2D eigenvalue weighted by molar-refractivity contribution is -0.123. The summed E-state index contributed by atoms with van der Waals surface area (Å²) in [5.41, 5.74) is 0.996. The highest BCUT2D eigenvalue weighted by Crippen LogP contribution is 2.15. The second kappa shape index (κ2) is 5.51. The Bertz CT molecular complexity index is 510. The Morgan fingerprint density at radius 3 is 2.53 bits per heavy atom. The molecule has 1 saturated heterocycles. The summed E-state index contributed by atoms with van der Waals surface area (Å²) in [6.07, 6.45) is 0.214. The van der Waals surface area contributed by atoms with Crippen molar-refractivity contribution in [1.29, 1.82) is 0 Å². The van der Waals surface area contributed by atoms with Gasteiger partial charge in [-0.15, -0.1) is 0 Å². The van der Waals surface area contributed by atoms with Crippen LogP contribution in [-0.4, -0.2) is 31.4 Å². The molecular weight excluding hydrogens is 248 g/mol. The number of methoxy groups -OCH3 is 1. The van der Waals surface area contributed by atoms with Gasteiger partial charge in [-0.2, -0.15) is 0 Å². The van der Waals surface area contributed by atoms with Crippen LogP contribution in [0.2, 0.25) is 0 Å². The molecule has 0 spiro atoms. The molecule has 1 unspecified atom stereocenters. The number of benzene rings is 1. The highest BCUT2D eigenvalue weighted by Gasteiger charge is 2.27. The molecule has 1 aliphatic heterocycles. The Kier molecular flexibility index (Phi) is 3.79. The van der Waals surface area contributed by atoms with Crippen molar-refractivity contribution in [2.45, 2.75) is 6.42 Å². The monoisotopic (exact) mass is 262 g/mol. The van der Waals surface area contributed by atoms with Crippen molar-refractivity contribution < 1.29 is 19.1 Å². The number of hydrogen-bond donors (Lipinski definition) is 2. The van der Waals surface area contributed by atoms with Crippen molar-refractivity contribution in [1.82, 2.24) is 5.32 Å². The zero-order chi connectivity index (χ0) is 13.8. The van der Waals surface area contributed by atoms with Crippen LogP contribution in [0.15, 0.2) is 24.3 Å². The summed E-state index contributed by atoms with van der Waals surface area (Å²) in [5.74, 6) is -1.08. The summed E-state index contributed by atoms with van der Waals surface area (Å²) in [6, 6.07) is 6.38. The quantitative estimate of drug-likeness (QED) is 0.779. The average Bonchev–Trinajstić information content (AvgIpc) is 2.85. The minimum atomic E-state index is -0.427. The molecule has 1 heterocycles. The van der Waals surface area contributed by atoms with E-state index in [0.717, 1.165) is 0 Å². The Morgan fingerprint density at radius 2 is 2.00 bits per heavy atom. The topological polar surface area (TPSA) is 84.5 Å². The highest BCUT2D eigenvalue weighted by molar-refractivity contribution is 5.97. The van der Waals surface area contributed by atoms with E-state index < -0.39 is 5.97 Å². The fraction of sp³-hybridized carbons (Fsp3) is 0.308. The van der Waals surface area contributed by atoms with Crippen molar-refractivity contribution in [3.8, 4) is 0 Å². The number of carbonyl (C=O) groups excluding carboxylic acids is 3. The van der Waals surface area contributed by atoms with Gasteiger partial charge in [0.05, 0.1) is 18.6 Å². The lowest BCUT2D eigenvalue weighted by Crippen LogP contribution is -2.24. The van der Waals surface area contributed by atoms with E-state index in [9.17, 15) is 14.4 Å². The van der Waals surface area contributed by atoms with E-state index >= 15 is 0 Å². The van der Waals surface area contributed by atoms with Crippen molar-refractivity contribution in [3.63, 3.8) is 0 Å². The van der Waals surface area contributed by atoms with E-state index in [-0.39, 0.29) is 24.2 Å². The predicted octanol–water partition coefficient (Wildman–Crippen LogP) is 0.548. The van der Waals surface area contributed by atoms with Crippen molar-refractivity contribution in [3.05, 3.63) is 29.8 Å². The van der Waals surface area contributed by atoms with E-state index in [0.29, 0.717) is 17.8 Å². The third-order valence-electron chi connectivity index (χ3n) is 2.92. The maximum Gasteiger partial charge on any atom is 0.337 e. The molecule has 19 heavy (non-hydrogen) atoms. The molecule has 2 amide bonds. The Hall–Kier alpha value is -2.37. The first-order valence-electron chi connectivity index (χ1n) is 5.86. The van der Waals surface area contributed by atoms with Gasteiger partial charge in [0.2, 0.25) is 11.8 Å². The van der Waals surface area contributed by atoms with Gasteiger partial charge < -0.3 is 15.4 Å². The first-order valence-corrected chi connectivity index (χ1v) is 5.86. The van der Waals surface area contributed by atoms with Gasteiger partial charge in [0.25, 0.3) is 0 Å². The molecular formula is C13H14N2O4. The molecule has 2 rings (SSSR count). The number of ether oxygens (including phenoxy) is 1. The number of esters is 1. The van der Waals surface area contributed by atoms with E-state index in [1.54, 1.807) is 24.3 Å². The molecule has 6 nitrogen and oxygen atoms in total. The molecule has 1 aliphatic rings. The number of carbonyl (C=O) groups is 3. The van der Waals surface area contributed by atoms with E-state index in [1.165, 1.54) is 7.11 Å². The van der Waals surface area contributed by atoms with E-state index in [2.05, 4.69) is 15.4 Å². The van der Waals surface area contributed by atoms with Gasteiger partial charge in [-0.05, 0) is 24.3 Å². The van der Waals surface area contributed by atoms with Gasteiger partial charge in [-0.3, -0.25) is 9.59 Å². The van der Waals surface area contributed by atoms with E-state index in [4.69, 9.17) is 0 Å². The number of amides is 2. The zero-order valence-electron chi connectivity index (χ0n) is 10.4. The minimum Gasteiger partial charge on any atom is -0.465 e. The molecule has 1 fully saturated rings. The van der Waals surface area contributed by atoms with E-state index in [1.807, 2.05) is 0 Å². The normalized spacial score (nSPS) is 17.7. The molecule has 1 atom stereocenters. The Labute approximate surface area is 110 Å². The second-order valence-corrected chi connectivity index (χ2v) is 4.26. The summed E-state index contributed by atoms with van der Waals surface area (Å²) >= 11 is 0. The summed E-state index contributed by atoms with van der Waals surface area (Å²) in [7, 11) is 1.31. The van der Waals surface area contributed by atoms with Gasteiger partial charge in [-0.25, -0.2) is 4.79 Å². The molecule has 0 radical (unpaired) electrons. The van der Waals surface area contributed by atoms with Crippen LogP contribution in [-0.2, 0) is 14.3 Å².